The standard InChI is InChI=1S/C13H17N2O/c1-12-14(9-10-16)7-8-15(12)11-13-5-3-2-4-6-13/h2-8,16H,9-11H2,1H3/q+1. The van der Waals surface area contributed by atoms with Crippen molar-refractivity contribution in [1.29, 1.82) is 0 Å². The lowest BCUT2D eigenvalue weighted by Crippen LogP contribution is -2.36. The minimum Gasteiger partial charge on any atom is -0.392 e. The number of hydrogen-bond acceptors (Lipinski definition) is 1. The van der Waals surface area contributed by atoms with Gasteiger partial charge in [0.1, 0.15) is 25.5 Å². The molecule has 3 nitrogen and oxygen atoms in total. The largest absolute Gasteiger partial charge is 0.392 e. The summed E-state index contributed by atoms with van der Waals surface area (Å²) in [5.41, 5.74) is 1.29. The maximum Gasteiger partial charge on any atom is 0.253 e. The molecule has 0 saturated heterocycles. The third-order valence-electron chi connectivity index (χ3n) is 2.79. The van der Waals surface area contributed by atoms with E-state index in [4.69, 9.17) is 5.11 Å². The summed E-state index contributed by atoms with van der Waals surface area (Å²) in [6, 6.07) is 10.4. The van der Waals surface area contributed by atoms with Crippen molar-refractivity contribution in [1.82, 2.24) is 4.57 Å². The van der Waals surface area contributed by atoms with Crippen molar-refractivity contribution in [2.45, 2.75) is 20.0 Å². The minimum absolute atomic E-state index is 0.181. The highest BCUT2D eigenvalue weighted by Crippen LogP contribution is 2.00. The normalized spacial score (nSPS) is 10.6. The highest BCUT2D eigenvalue weighted by molar-refractivity contribution is 5.13. The SMILES string of the molecule is Cc1n(CCO)cc[n+]1Cc1ccccc1. The fourth-order valence-corrected chi connectivity index (χ4v) is 1.83. The average Bonchev–Trinajstić information content (AvgIpc) is 2.64. The van der Waals surface area contributed by atoms with Crippen LogP contribution in [0, 0.1) is 6.92 Å². The van der Waals surface area contributed by atoms with Crippen LogP contribution in [-0.2, 0) is 13.1 Å². The molecule has 0 aliphatic rings. The van der Waals surface area contributed by atoms with Gasteiger partial charge in [0.15, 0.2) is 0 Å². The number of aliphatic hydroxyl groups is 1. The summed E-state index contributed by atoms with van der Waals surface area (Å²) in [4.78, 5) is 0. The van der Waals surface area contributed by atoms with Gasteiger partial charge in [-0.2, -0.15) is 0 Å². The predicted molar refractivity (Wildman–Crippen MR) is 62.0 cm³/mol. The van der Waals surface area contributed by atoms with Crippen LogP contribution in [0.4, 0.5) is 0 Å². The summed E-state index contributed by atoms with van der Waals surface area (Å²) < 4.78 is 4.24. The minimum atomic E-state index is 0.181. The third-order valence-corrected chi connectivity index (χ3v) is 2.79. The summed E-state index contributed by atoms with van der Waals surface area (Å²) in [6.45, 7) is 3.79. The van der Waals surface area contributed by atoms with Gasteiger partial charge in [-0.25, -0.2) is 9.13 Å². The van der Waals surface area contributed by atoms with Gasteiger partial charge in [0.2, 0.25) is 0 Å². The van der Waals surface area contributed by atoms with Crippen LogP contribution in [0.5, 0.6) is 0 Å². The maximum atomic E-state index is 8.91. The lowest BCUT2D eigenvalue weighted by Gasteiger charge is -2.00. The highest BCUT2D eigenvalue weighted by atomic mass is 16.3. The van der Waals surface area contributed by atoms with Gasteiger partial charge in [-0.1, -0.05) is 30.3 Å². The zero-order valence-corrected chi connectivity index (χ0v) is 9.50. The Morgan fingerprint density at radius 3 is 2.69 bits per heavy atom. The number of nitrogens with zero attached hydrogens (tertiary/aromatic N) is 2. The van der Waals surface area contributed by atoms with E-state index in [1.54, 1.807) is 0 Å². The predicted octanol–water partition coefficient (Wildman–Crippen LogP) is 1.12. The zero-order chi connectivity index (χ0) is 11.4. The monoisotopic (exact) mass is 217 g/mol. The van der Waals surface area contributed by atoms with E-state index >= 15 is 0 Å². The zero-order valence-electron chi connectivity index (χ0n) is 9.50. The number of rotatable bonds is 4. The Kier molecular flexibility index (Phi) is 3.37. The number of aliphatic hydroxyl groups excluding tert-OH is 1. The summed E-state index contributed by atoms with van der Waals surface area (Å²) in [5, 5.41) is 8.91. The fraction of sp³-hybridized carbons (Fsp3) is 0.308. The van der Waals surface area contributed by atoms with E-state index in [2.05, 4.69) is 46.5 Å². The van der Waals surface area contributed by atoms with Gasteiger partial charge in [0.05, 0.1) is 6.61 Å². The molecule has 3 heteroatoms. The van der Waals surface area contributed by atoms with Crippen molar-refractivity contribution < 1.29 is 9.67 Å². The number of aromatic nitrogens is 2. The van der Waals surface area contributed by atoms with E-state index in [-0.39, 0.29) is 6.61 Å². The molecule has 1 heterocycles. The smallest absolute Gasteiger partial charge is 0.253 e. The van der Waals surface area contributed by atoms with Crippen molar-refractivity contribution in [3.05, 3.63) is 54.1 Å². The van der Waals surface area contributed by atoms with Crippen LogP contribution in [-0.4, -0.2) is 16.3 Å². The summed E-state index contributed by atoms with van der Waals surface area (Å²) >= 11 is 0. The maximum absolute atomic E-state index is 8.91. The molecule has 0 fully saturated rings. The quantitative estimate of drug-likeness (QED) is 0.764. The molecule has 16 heavy (non-hydrogen) atoms. The van der Waals surface area contributed by atoms with E-state index in [9.17, 15) is 0 Å². The summed E-state index contributed by atoms with van der Waals surface area (Å²) in [7, 11) is 0. The van der Waals surface area contributed by atoms with Crippen LogP contribution < -0.4 is 4.57 Å². The molecular weight excluding hydrogens is 200 g/mol. The number of hydrogen-bond donors (Lipinski definition) is 1. The number of benzene rings is 1. The fourth-order valence-electron chi connectivity index (χ4n) is 1.83. The lowest BCUT2D eigenvalue weighted by atomic mass is 10.2. The number of imidazole rings is 1. The molecule has 0 aliphatic carbocycles. The molecule has 2 rings (SSSR count). The van der Waals surface area contributed by atoms with Crippen LogP contribution in [0.25, 0.3) is 0 Å². The molecular formula is C13H17N2O+. The van der Waals surface area contributed by atoms with E-state index < -0.39 is 0 Å². The van der Waals surface area contributed by atoms with Gasteiger partial charge < -0.3 is 5.11 Å². The Bertz CT molecular complexity index is 448. The Labute approximate surface area is 95.6 Å². The van der Waals surface area contributed by atoms with Crippen molar-refractivity contribution >= 4 is 0 Å². The molecule has 0 bridgehead atoms. The van der Waals surface area contributed by atoms with Gasteiger partial charge in [-0.05, 0) is 5.56 Å². The Balaban J connectivity index is 2.16. The first-order valence-electron chi connectivity index (χ1n) is 5.51. The van der Waals surface area contributed by atoms with Crippen LogP contribution in [0.1, 0.15) is 11.4 Å². The second-order valence-electron chi connectivity index (χ2n) is 3.88. The topological polar surface area (TPSA) is 29.0 Å². The molecule has 1 aromatic carbocycles. The second kappa shape index (κ2) is 4.94. The second-order valence-corrected chi connectivity index (χ2v) is 3.88. The molecule has 0 aliphatic heterocycles. The Morgan fingerprint density at radius 1 is 1.25 bits per heavy atom. The van der Waals surface area contributed by atoms with Crippen LogP contribution in [0.3, 0.4) is 0 Å². The van der Waals surface area contributed by atoms with Crippen LogP contribution in [0.2, 0.25) is 0 Å². The van der Waals surface area contributed by atoms with Crippen molar-refractivity contribution in [2.24, 2.45) is 0 Å². The molecule has 0 saturated carbocycles. The van der Waals surface area contributed by atoms with E-state index in [1.165, 1.54) is 5.56 Å². The molecule has 2 aromatic rings. The summed E-state index contributed by atoms with van der Waals surface area (Å²) in [5.74, 6) is 1.16. The first-order valence-corrected chi connectivity index (χ1v) is 5.51. The van der Waals surface area contributed by atoms with Crippen LogP contribution >= 0.6 is 0 Å². The molecule has 0 unspecified atom stereocenters. The average molecular weight is 217 g/mol. The van der Waals surface area contributed by atoms with E-state index in [0.29, 0.717) is 6.54 Å². The van der Waals surface area contributed by atoms with Crippen molar-refractivity contribution in [2.75, 3.05) is 6.61 Å². The third kappa shape index (κ3) is 2.31. The molecule has 0 spiro atoms. The molecule has 1 aromatic heterocycles. The molecule has 0 amide bonds. The molecule has 0 atom stereocenters. The van der Waals surface area contributed by atoms with Crippen molar-refractivity contribution in [3.63, 3.8) is 0 Å². The first kappa shape index (κ1) is 10.9. The molecule has 0 radical (unpaired) electrons. The Hall–Kier alpha value is -1.61. The Morgan fingerprint density at radius 2 is 2.00 bits per heavy atom. The van der Waals surface area contributed by atoms with Gasteiger partial charge in [-0.3, -0.25) is 0 Å². The molecule has 1 N–H and O–H groups in total. The van der Waals surface area contributed by atoms with Gasteiger partial charge in [0, 0.05) is 6.92 Å². The first-order chi connectivity index (χ1) is 7.81. The van der Waals surface area contributed by atoms with Crippen molar-refractivity contribution in [3.8, 4) is 0 Å². The van der Waals surface area contributed by atoms with E-state index in [0.717, 1.165) is 12.4 Å². The van der Waals surface area contributed by atoms with Gasteiger partial charge >= 0.3 is 0 Å². The molecule has 84 valence electrons. The lowest BCUT2D eigenvalue weighted by molar-refractivity contribution is -0.694. The summed E-state index contributed by atoms with van der Waals surface area (Å²) in [6.07, 6.45) is 4.06. The highest BCUT2D eigenvalue weighted by Gasteiger charge is 2.11. The van der Waals surface area contributed by atoms with Gasteiger partial charge in [-0.15, -0.1) is 0 Å². The van der Waals surface area contributed by atoms with E-state index in [1.807, 2.05) is 12.3 Å². The van der Waals surface area contributed by atoms with Crippen LogP contribution in [0.15, 0.2) is 42.7 Å². The van der Waals surface area contributed by atoms with Gasteiger partial charge in [0.25, 0.3) is 5.82 Å².